The van der Waals surface area contributed by atoms with Gasteiger partial charge in [0.05, 0.1) is 12.8 Å². The van der Waals surface area contributed by atoms with Crippen LogP contribution in [0.1, 0.15) is 38.2 Å². The number of benzene rings is 1. The molecule has 1 aliphatic rings. The molecule has 3 heteroatoms. The van der Waals surface area contributed by atoms with Gasteiger partial charge >= 0.3 is 0 Å². The van der Waals surface area contributed by atoms with E-state index in [1.54, 1.807) is 7.11 Å². The standard InChI is InChI=1S/C14H22N2O/c1-3-4-5-12-7-6-11-10-13(17-2)8-9-14(11)16(12)15/h8-10,12H,3-7,15H2,1-2H3/t12-/m0/s1. The smallest absolute Gasteiger partial charge is 0.119 e. The zero-order valence-corrected chi connectivity index (χ0v) is 10.8. The first-order valence-electron chi connectivity index (χ1n) is 6.47. The van der Waals surface area contributed by atoms with Gasteiger partial charge in [0.1, 0.15) is 5.75 Å². The fourth-order valence-corrected chi connectivity index (χ4v) is 2.52. The highest BCUT2D eigenvalue weighted by atomic mass is 16.5. The van der Waals surface area contributed by atoms with Gasteiger partial charge in [-0.1, -0.05) is 19.8 Å². The van der Waals surface area contributed by atoms with Gasteiger partial charge in [-0.15, -0.1) is 0 Å². The Morgan fingerprint density at radius 2 is 2.29 bits per heavy atom. The summed E-state index contributed by atoms with van der Waals surface area (Å²) in [4.78, 5) is 0. The number of rotatable bonds is 4. The summed E-state index contributed by atoms with van der Waals surface area (Å²) in [6, 6.07) is 6.66. The van der Waals surface area contributed by atoms with Crippen molar-refractivity contribution < 1.29 is 4.74 Å². The molecule has 1 atom stereocenters. The van der Waals surface area contributed by atoms with Gasteiger partial charge in [0.2, 0.25) is 0 Å². The van der Waals surface area contributed by atoms with Crippen LogP contribution in [-0.2, 0) is 6.42 Å². The van der Waals surface area contributed by atoms with Gasteiger partial charge in [-0.05, 0) is 43.0 Å². The van der Waals surface area contributed by atoms with E-state index in [1.165, 1.54) is 24.8 Å². The van der Waals surface area contributed by atoms with Crippen LogP contribution in [0.15, 0.2) is 18.2 Å². The van der Waals surface area contributed by atoms with Crippen LogP contribution in [-0.4, -0.2) is 13.2 Å². The zero-order chi connectivity index (χ0) is 12.3. The molecule has 1 heterocycles. The minimum Gasteiger partial charge on any atom is -0.497 e. The lowest BCUT2D eigenvalue weighted by atomic mass is 9.94. The first kappa shape index (κ1) is 12.2. The van der Waals surface area contributed by atoms with Crippen LogP contribution in [0, 0.1) is 0 Å². The lowest BCUT2D eigenvalue weighted by Gasteiger charge is -2.35. The third-order valence-electron chi connectivity index (χ3n) is 3.60. The molecule has 0 saturated carbocycles. The van der Waals surface area contributed by atoms with Crippen molar-refractivity contribution in [3.05, 3.63) is 23.8 Å². The predicted molar refractivity (Wildman–Crippen MR) is 71.3 cm³/mol. The number of hydrogen-bond acceptors (Lipinski definition) is 3. The summed E-state index contributed by atoms with van der Waals surface area (Å²) in [5.74, 6) is 7.14. The fourth-order valence-electron chi connectivity index (χ4n) is 2.52. The van der Waals surface area contributed by atoms with Crippen molar-refractivity contribution in [2.75, 3.05) is 12.1 Å². The van der Waals surface area contributed by atoms with Crippen molar-refractivity contribution in [1.29, 1.82) is 0 Å². The molecule has 2 rings (SSSR count). The van der Waals surface area contributed by atoms with E-state index < -0.39 is 0 Å². The molecule has 1 aromatic carbocycles. The highest BCUT2D eigenvalue weighted by Gasteiger charge is 2.23. The van der Waals surface area contributed by atoms with E-state index in [9.17, 15) is 0 Å². The number of anilines is 1. The summed E-state index contributed by atoms with van der Waals surface area (Å²) < 4.78 is 5.25. The average molecular weight is 234 g/mol. The van der Waals surface area contributed by atoms with E-state index >= 15 is 0 Å². The molecular formula is C14H22N2O. The number of aryl methyl sites for hydroxylation is 1. The second-order valence-electron chi connectivity index (χ2n) is 4.74. The van der Waals surface area contributed by atoms with Gasteiger partial charge in [0.15, 0.2) is 0 Å². The molecule has 0 spiro atoms. The number of nitrogens with two attached hydrogens (primary N) is 1. The SMILES string of the molecule is CCCC[C@H]1CCc2cc(OC)ccc2N1N. The third kappa shape index (κ3) is 2.55. The molecule has 1 aliphatic heterocycles. The van der Waals surface area contributed by atoms with Crippen molar-refractivity contribution in [2.45, 2.75) is 45.1 Å². The second kappa shape index (κ2) is 5.41. The molecule has 1 aromatic rings. The van der Waals surface area contributed by atoms with Gasteiger partial charge < -0.3 is 9.75 Å². The Hall–Kier alpha value is -1.22. The lowest BCUT2D eigenvalue weighted by molar-refractivity contribution is 0.413. The fraction of sp³-hybridized carbons (Fsp3) is 0.571. The summed E-state index contributed by atoms with van der Waals surface area (Å²) in [6.07, 6.45) is 5.94. The normalized spacial score (nSPS) is 19.0. The number of methoxy groups -OCH3 is 1. The topological polar surface area (TPSA) is 38.5 Å². The lowest BCUT2D eigenvalue weighted by Crippen LogP contribution is -2.44. The monoisotopic (exact) mass is 234 g/mol. The largest absolute Gasteiger partial charge is 0.497 e. The van der Waals surface area contributed by atoms with Crippen LogP contribution >= 0.6 is 0 Å². The molecular weight excluding hydrogens is 212 g/mol. The Morgan fingerprint density at radius 1 is 1.47 bits per heavy atom. The third-order valence-corrected chi connectivity index (χ3v) is 3.60. The molecule has 17 heavy (non-hydrogen) atoms. The molecule has 2 N–H and O–H groups in total. The van der Waals surface area contributed by atoms with Crippen LogP contribution in [0.5, 0.6) is 5.75 Å². The van der Waals surface area contributed by atoms with Gasteiger partial charge in [-0.2, -0.15) is 0 Å². The Morgan fingerprint density at radius 3 is 3.00 bits per heavy atom. The van der Waals surface area contributed by atoms with Crippen LogP contribution < -0.4 is 15.6 Å². The molecule has 0 saturated heterocycles. The summed E-state index contributed by atoms with van der Waals surface area (Å²) in [6.45, 7) is 2.22. The summed E-state index contributed by atoms with van der Waals surface area (Å²) in [7, 11) is 1.70. The van der Waals surface area contributed by atoms with Crippen LogP contribution in [0.25, 0.3) is 0 Å². The number of unbranched alkanes of at least 4 members (excludes halogenated alkanes) is 1. The van der Waals surface area contributed by atoms with Crippen LogP contribution in [0.2, 0.25) is 0 Å². The number of ether oxygens (including phenoxy) is 1. The minimum absolute atomic E-state index is 0.496. The maximum atomic E-state index is 6.22. The Labute approximate surface area is 104 Å². The van der Waals surface area contributed by atoms with E-state index in [1.807, 2.05) is 11.1 Å². The van der Waals surface area contributed by atoms with Gasteiger partial charge in [0.25, 0.3) is 0 Å². The highest BCUT2D eigenvalue weighted by Crippen LogP contribution is 2.32. The molecule has 0 amide bonds. The van der Waals surface area contributed by atoms with Crippen molar-refractivity contribution in [3.63, 3.8) is 0 Å². The Balaban J connectivity index is 2.15. The van der Waals surface area contributed by atoms with E-state index in [0.717, 1.165) is 24.3 Å². The predicted octanol–water partition coefficient (Wildman–Crippen LogP) is 2.88. The van der Waals surface area contributed by atoms with Crippen molar-refractivity contribution in [1.82, 2.24) is 0 Å². The molecule has 94 valence electrons. The maximum absolute atomic E-state index is 6.22. The summed E-state index contributed by atoms with van der Waals surface area (Å²) in [5.41, 5.74) is 2.47. The van der Waals surface area contributed by atoms with E-state index in [0.29, 0.717) is 6.04 Å². The first-order chi connectivity index (χ1) is 8.26. The van der Waals surface area contributed by atoms with Crippen molar-refractivity contribution in [3.8, 4) is 5.75 Å². The summed E-state index contributed by atoms with van der Waals surface area (Å²) in [5, 5.41) is 1.95. The van der Waals surface area contributed by atoms with Crippen molar-refractivity contribution >= 4 is 5.69 Å². The Kier molecular flexibility index (Phi) is 3.89. The van der Waals surface area contributed by atoms with Crippen molar-refractivity contribution in [2.24, 2.45) is 5.84 Å². The molecule has 0 aliphatic carbocycles. The molecule has 3 nitrogen and oxygen atoms in total. The minimum atomic E-state index is 0.496. The number of hydrazine groups is 1. The molecule has 0 aromatic heterocycles. The Bertz CT molecular complexity index is 378. The molecule has 0 fully saturated rings. The number of hydrogen-bond donors (Lipinski definition) is 1. The number of nitrogens with zero attached hydrogens (tertiary/aromatic N) is 1. The summed E-state index contributed by atoms with van der Waals surface area (Å²) >= 11 is 0. The average Bonchev–Trinajstić information content (AvgIpc) is 2.37. The van der Waals surface area contributed by atoms with Gasteiger partial charge in [0, 0.05) is 6.04 Å². The molecule has 0 unspecified atom stereocenters. The number of fused-ring (bicyclic) bond motifs is 1. The van der Waals surface area contributed by atoms with Crippen LogP contribution in [0.3, 0.4) is 0 Å². The van der Waals surface area contributed by atoms with Crippen LogP contribution in [0.4, 0.5) is 5.69 Å². The zero-order valence-electron chi connectivity index (χ0n) is 10.8. The molecule has 0 bridgehead atoms. The van der Waals surface area contributed by atoms with E-state index in [4.69, 9.17) is 10.6 Å². The second-order valence-corrected chi connectivity index (χ2v) is 4.74. The van der Waals surface area contributed by atoms with E-state index in [2.05, 4.69) is 19.1 Å². The maximum Gasteiger partial charge on any atom is 0.119 e. The van der Waals surface area contributed by atoms with E-state index in [-0.39, 0.29) is 0 Å². The first-order valence-corrected chi connectivity index (χ1v) is 6.47. The highest BCUT2D eigenvalue weighted by molar-refractivity contribution is 5.57. The molecule has 0 radical (unpaired) electrons. The van der Waals surface area contributed by atoms with Gasteiger partial charge in [-0.3, -0.25) is 0 Å². The quantitative estimate of drug-likeness (QED) is 0.814. The van der Waals surface area contributed by atoms with Gasteiger partial charge in [-0.25, -0.2) is 5.84 Å².